The summed E-state index contributed by atoms with van der Waals surface area (Å²) in [5, 5.41) is 44.3. The van der Waals surface area contributed by atoms with E-state index in [1.165, 1.54) is 12.1 Å². The first-order chi connectivity index (χ1) is 13.5. The van der Waals surface area contributed by atoms with Gasteiger partial charge in [-0.15, -0.1) is 10.2 Å². The topological polar surface area (TPSA) is 97.4 Å². The highest BCUT2D eigenvalue weighted by Gasteiger charge is 2.18. The maximum Gasteiger partial charge on any atom is 0.150 e. The Labute approximate surface area is 168 Å². The number of azo groups is 1. The van der Waals surface area contributed by atoms with Crippen LogP contribution in [0.5, 0.6) is 11.5 Å². The third-order valence-electron chi connectivity index (χ3n) is 4.38. The Morgan fingerprint density at radius 3 is 2.64 bits per heavy atom. The molecule has 3 aromatic carbocycles. The molecule has 0 bridgehead atoms. The quantitative estimate of drug-likeness (QED) is 0.232. The Bertz CT molecular complexity index is 1010. The summed E-state index contributed by atoms with van der Waals surface area (Å²) in [6.07, 6.45) is 0.863. The standard InChI is InChI=1S/C21H22ClN3O3/c1-2-3-10-23-21(28)16-11-13-6-4-5-7-15(13)19(20(16)27)25-24-17-12-14(22)8-9-18(17)26/h4-9,11-12,21,23,26-28H,2-3,10H2,1H3. The highest BCUT2D eigenvalue weighted by atomic mass is 35.5. The van der Waals surface area contributed by atoms with Crippen molar-refractivity contribution in [2.75, 3.05) is 6.54 Å². The molecule has 3 aromatic rings. The third-order valence-corrected chi connectivity index (χ3v) is 4.62. The largest absolute Gasteiger partial charge is 0.506 e. The molecule has 0 amide bonds. The number of nitrogens with zero attached hydrogens (tertiary/aromatic N) is 2. The van der Waals surface area contributed by atoms with E-state index in [4.69, 9.17) is 11.6 Å². The molecule has 0 aliphatic rings. The van der Waals surface area contributed by atoms with Gasteiger partial charge >= 0.3 is 0 Å². The van der Waals surface area contributed by atoms with E-state index in [9.17, 15) is 15.3 Å². The van der Waals surface area contributed by atoms with Gasteiger partial charge in [-0.25, -0.2) is 0 Å². The lowest BCUT2D eigenvalue weighted by atomic mass is 10.0. The monoisotopic (exact) mass is 399 g/mol. The predicted octanol–water partition coefficient (Wildman–Crippen LogP) is 5.70. The van der Waals surface area contributed by atoms with E-state index in [1.807, 2.05) is 24.3 Å². The summed E-state index contributed by atoms with van der Waals surface area (Å²) in [5.41, 5.74) is 0.714. The first kappa shape index (κ1) is 20.1. The molecule has 146 valence electrons. The van der Waals surface area contributed by atoms with Crippen LogP contribution in [0.1, 0.15) is 31.6 Å². The zero-order valence-corrected chi connectivity index (χ0v) is 16.2. The molecule has 0 fully saturated rings. The summed E-state index contributed by atoms with van der Waals surface area (Å²) < 4.78 is 0. The molecule has 0 heterocycles. The molecule has 0 aliphatic heterocycles. The van der Waals surface area contributed by atoms with Crippen LogP contribution in [0.25, 0.3) is 10.8 Å². The number of phenolic OH excluding ortho intramolecular Hbond substituents is 2. The number of aromatic hydroxyl groups is 2. The van der Waals surface area contributed by atoms with E-state index in [-0.39, 0.29) is 22.9 Å². The Balaban J connectivity index is 2.06. The van der Waals surface area contributed by atoms with Crippen molar-refractivity contribution in [1.29, 1.82) is 0 Å². The fraction of sp³-hybridized carbons (Fsp3) is 0.238. The summed E-state index contributed by atoms with van der Waals surface area (Å²) in [6, 6.07) is 13.5. The lowest BCUT2D eigenvalue weighted by molar-refractivity contribution is 0.136. The van der Waals surface area contributed by atoms with Crippen molar-refractivity contribution >= 4 is 33.7 Å². The number of fused-ring (bicyclic) bond motifs is 1. The lowest BCUT2D eigenvalue weighted by Crippen LogP contribution is -2.22. The molecule has 4 N–H and O–H groups in total. The number of hydrogen-bond acceptors (Lipinski definition) is 6. The molecular weight excluding hydrogens is 378 g/mol. The number of unbranched alkanes of at least 4 members (excludes halogenated alkanes) is 1. The van der Waals surface area contributed by atoms with Gasteiger partial charge in [-0.1, -0.05) is 49.2 Å². The van der Waals surface area contributed by atoms with Gasteiger partial charge in [0.2, 0.25) is 0 Å². The van der Waals surface area contributed by atoms with E-state index in [1.54, 1.807) is 12.1 Å². The second-order valence-electron chi connectivity index (χ2n) is 6.43. The van der Waals surface area contributed by atoms with Crippen LogP contribution in [-0.4, -0.2) is 21.9 Å². The van der Waals surface area contributed by atoms with Gasteiger partial charge in [0.05, 0.1) is 0 Å². The minimum absolute atomic E-state index is 0.0747. The van der Waals surface area contributed by atoms with E-state index in [2.05, 4.69) is 22.5 Å². The predicted molar refractivity (Wildman–Crippen MR) is 111 cm³/mol. The number of nitrogens with one attached hydrogen (secondary N) is 1. The lowest BCUT2D eigenvalue weighted by Gasteiger charge is -2.17. The number of rotatable bonds is 7. The van der Waals surface area contributed by atoms with Crippen molar-refractivity contribution in [2.45, 2.75) is 26.0 Å². The van der Waals surface area contributed by atoms with Crippen LogP contribution in [0.2, 0.25) is 5.02 Å². The van der Waals surface area contributed by atoms with Crippen LogP contribution in [-0.2, 0) is 0 Å². The summed E-state index contributed by atoms with van der Waals surface area (Å²) in [4.78, 5) is 0. The van der Waals surface area contributed by atoms with Crippen LogP contribution in [0, 0.1) is 0 Å². The average molecular weight is 400 g/mol. The first-order valence-electron chi connectivity index (χ1n) is 9.07. The molecular formula is C21H22ClN3O3. The van der Waals surface area contributed by atoms with Gasteiger partial charge in [-0.2, -0.15) is 0 Å². The molecule has 1 unspecified atom stereocenters. The highest BCUT2D eigenvalue weighted by molar-refractivity contribution is 6.30. The van der Waals surface area contributed by atoms with Crippen molar-refractivity contribution < 1.29 is 15.3 Å². The molecule has 0 aliphatic carbocycles. The van der Waals surface area contributed by atoms with Crippen molar-refractivity contribution in [1.82, 2.24) is 5.32 Å². The van der Waals surface area contributed by atoms with Crippen molar-refractivity contribution in [3.8, 4) is 11.5 Å². The maximum atomic E-state index is 10.8. The molecule has 7 heteroatoms. The molecule has 0 radical (unpaired) electrons. The summed E-state index contributed by atoms with van der Waals surface area (Å²) in [7, 11) is 0. The van der Waals surface area contributed by atoms with Crippen molar-refractivity contribution in [3.05, 3.63) is 59.1 Å². The molecule has 0 aromatic heterocycles. The van der Waals surface area contributed by atoms with Crippen molar-refractivity contribution in [3.63, 3.8) is 0 Å². The Morgan fingerprint density at radius 2 is 1.86 bits per heavy atom. The maximum absolute atomic E-state index is 10.8. The normalized spacial score (nSPS) is 12.7. The van der Waals surface area contributed by atoms with E-state index >= 15 is 0 Å². The summed E-state index contributed by atoms with van der Waals surface area (Å²) >= 11 is 5.95. The highest BCUT2D eigenvalue weighted by Crippen LogP contribution is 2.42. The van der Waals surface area contributed by atoms with Gasteiger partial charge in [0, 0.05) is 16.0 Å². The molecule has 3 rings (SSSR count). The molecule has 1 atom stereocenters. The summed E-state index contributed by atoms with van der Waals surface area (Å²) in [6.45, 7) is 2.68. The summed E-state index contributed by atoms with van der Waals surface area (Å²) in [5.74, 6) is -0.241. The molecule has 28 heavy (non-hydrogen) atoms. The SMILES string of the molecule is CCCCNC(O)c1cc2ccccc2c(N=Nc2cc(Cl)ccc2O)c1O. The minimum Gasteiger partial charge on any atom is -0.506 e. The van der Waals surface area contributed by atoms with Gasteiger partial charge in [0.15, 0.2) is 5.75 Å². The molecule has 0 saturated carbocycles. The minimum atomic E-state index is -1.04. The van der Waals surface area contributed by atoms with Crippen molar-refractivity contribution in [2.24, 2.45) is 10.2 Å². The van der Waals surface area contributed by atoms with Crippen LogP contribution >= 0.6 is 11.6 Å². The number of halogens is 1. The molecule has 0 saturated heterocycles. The fourth-order valence-electron chi connectivity index (χ4n) is 2.85. The Morgan fingerprint density at radius 1 is 1.07 bits per heavy atom. The first-order valence-corrected chi connectivity index (χ1v) is 9.45. The Kier molecular flexibility index (Phi) is 6.46. The number of aliphatic hydroxyl groups excluding tert-OH is 1. The molecule has 0 spiro atoms. The second kappa shape index (κ2) is 9.01. The fourth-order valence-corrected chi connectivity index (χ4v) is 3.02. The zero-order valence-electron chi connectivity index (χ0n) is 15.4. The van der Waals surface area contributed by atoms with Gasteiger partial charge < -0.3 is 15.3 Å². The smallest absolute Gasteiger partial charge is 0.150 e. The zero-order chi connectivity index (χ0) is 20.1. The van der Waals surface area contributed by atoms with E-state index in [0.717, 1.165) is 18.2 Å². The van der Waals surface area contributed by atoms with E-state index < -0.39 is 6.23 Å². The number of aliphatic hydroxyl groups is 1. The number of hydrogen-bond donors (Lipinski definition) is 4. The van der Waals surface area contributed by atoms with Gasteiger partial charge in [0.25, 0.3) is 0 Å². The van der Waals surface area contributed by atoms with Gasteiger partial charge in [-0.05, 0) is 42.6 Å². The van der Waals surface area contributed by atoms with Crippen LogP contribution in [0.3, 0.4) is 0 Å². The van der Waals surface area contributed by atoms with Gasteiger partial charge in [-0.3, -0.25) is 5.32 Å². The molecule has 6 nitrogen and oxygen atoms in total. The number of benzene rings is 3. The van der Waals surface area contributed by atoms with Crippen LogP contribution in [0.4, 0.5) is 11.4 Å². The number of phenols is 2. The average Bonchev–Trinajstić information content (AvgIpc) is 2.69. The van der Waals surface area contributed by atoms with Crippen LogP contribution in [0.15, 0.2) is 58.8 Å². The Hall–Kier alpha value is -2.67. The van der Waals surface area contributed by atoms with E-state index in [0.29, 0.717) is 22.5 Å². The third kappa shape index (κ3) is 4.42. The van der Waals surface area contributed by atoms with Gasteiger partial charge in [0.1, 0.15) is 23.4 Å². The second-order valence-corrected chi connectivity index (χ2v) is 6.86. The van der Waals surface area contributed by atoms with Crippen LogP contribution < -0.4 is 5.32 Å².